The van der Waals surface area contributed by atoms with Gasteiger partial charge in [-0.25, -0.2) is 0 Å². The second kappa shape index (κ2) is 6.58. The van der Waals surface area contributed by atoms with Crippen LogP contribution in [0.4, 0.5) is 11.4 Å². The molecule has 5 rings (SSSR count). The van der Waals surface area contributed by atoms with E-state index in [2.05, 4.69) is 17.5 Å². The summed E-state index contributed by atoms with van der Waals surface area (Å²) in [5.74, 6) is 0.119. The average Bonchev–Trinajstić information content (AvgIpc) is 3.42. The van der Waals surface area contributed by atoms with Gasteiger partial charge in [0.25, 0.3) is 5.91 Å². The number of hydrogen-bond donors (Lipinski definition) is 1. The number of carbonyl (C=O) groups is 3. The molecule has 0 radical (unpaired) electrons. The highest BCUT2D eigenvalue weighted by Crippen LogP contribution is 2.53. The van der Waals surface area contributed by atoms with Crippen LogP contribution in [0.15, 0.2) is 60.7 Å². The van der Waals surface area contributed by atoms with Crippen molar-refractivity contribution in [2.45, 2.75) is 6.42 Å². The fourth-order valence-electron chi connectivity index (χ4n) is 4.80. The lowest BCUT2D eigenvalue weighted by atomic mass is 9.85. The standard InChI is InChI=1S/C23H20N2O4/c1-29-18-10-6-16(7-11-18)24-21(26)13-4-8-17(9-5-13)25-22(27)19-14-2-3-15(12-14)20(19)23(25)28/h2-11,14-15,19-20H,12H2,1H3,(H,24,26). The number of fused-ring (bicyclic) bond motifs is 5. The lowest BCUT2D eigenvalue weighted by Crippen LogP contribution is -2.32. The van der Waals surface area contributed by atoms with Gasteiger partial charge in [-0.2, -0.15) is 0 Å². The van der Waals surface area contributed by atoms with Crippen LogP contribution in [0.3, 0.4) is 0 Å². The van der Waals surface area contributed by atoms with Crippen molar-refractivity contribution in [3.63, 3.8) is 0 Å². The lowest BCUT2D eigenvalue weighted by Gasteiger charge is -2.17. The monoisotopic (exact) mass is 388 g/mol. The largest absolute Gasteiger partial charge is 0.497 e. The van der Waals surface area contributed by atoms with Gasteiger partial charge < -0.3 is 10.1 Å². The van der Waals surface area contributed by atoms with Crippen molar-refractivity contribution >= 4 is 29.1 Å². The van der Waals surface area contributed by atoms with E-state index in [1.54, 1.807) is 55.6 Å². The molecule has 1 heterocycles. The number of carbonyl (C=O) groups excluding carboxylic acids is 3. The van der Waals surface area contributed by atoms with E-state index < -0.39 is 0 Å². The Labute approximate surface area is 168 Å². The Morgan fingerprint density at radius 1 is 0.931 bits per heavy atom. The first kappa shape index (κ1) is 17.7. The molecule has 2 aromatic carbocycles. The molecule has 29 heavy (non-hydrogen) atoms. The molecule has 4 atom stereocenters. The summed E-state index contributed by atoms with van der Waals surface area (Å²) in [4.78, 5) is 39.5. The molecule has 146 valence electrons. The highest BCUT2D eigenvalue weighted by Gasteiger charge is 2.59. The topological polar surface area (TPSA) is 75.7 Å². The third-order valence-corrected chi connectivity index (χ3v) is 6.21. The third kappa shape index (κ3) is 2.75. The van der Waals surface area contributed by atoms with Gasteiger partial charge in [0, 0.05) is 11.3 Å². The van der Waals surface area contributed by atoms with Crippen LogP contribution < -0.4 is 15.0 Å². The summed E-state index contributed by atoms with van der Waals surface area (Å²) in [6.07, 6.45) is 5.06. The summed E-state index contributed by atoms with van der Waals surface area (Å²) in [5.41, 5.74) is 1.63. The van der Waals surface area contributed by atoms with Gasteiger partial charge in [-0.05, 0) is 66.8 Å². The molecular formula is C23H20N2O4. The van der Waals surface area contributed by atoms with Crippen LogP contribution >= 0.6 is 0 Å². The van der Waals surface area contributed by atoms with Gasteiger partial charge in [-0.1, -0.05) is 12.2 Å². The maximum Gasteiger partial charge on any atom is 0.255 e. The Bertz CT molecular complexity index is 996. The normalized spacial score (nSPS) is 26.7. The molecule has 6 heteroatoms. The zero-order valence-electron chi connectivity index (χ0n) is 15.9. The minimum atomic E-state index is -0.264. The van der Waals surface area contributed by atoms with E-state index >= 15 is 0 Å². The maximum absolute atomic E-state index is 12.9. The maximum atomic E-state index is 12.9. The third-order valence-electron chi connectivity index (χ3n) is 6.21. The first-order valence-electron chi connectivity index (χ1n) is 9.68. The summed E-state index contributed by atoms with van der Waals surface area (Å²) in [7, 11) is 1.58. The summed E-state index contributed by atoms with van der Waals surface area (Å²) in [5, 5.41) is 2.82. The average molecular weight is 388 g/mol. The van der Waals surface area contributed by atoms with E-state index in [4.69, 9.17) is 4.74 Å². The van der Waals surface area contributed by atoms with E-state index in [9.17, 15) is 14.4 Å². The number of methoxy groups -OCH3 is 1. The first-order chi connectivity index (χ1) is 14.1. The molecule has 0 aromatic heterocycles. The molecule has 2 fully saturated rings. The van der Waals surface area contributed by atoms with Crippen LogP contribution in [-0.4, -0.2) is 24.8 Å². The summed E-state index contributed by atoms with van der Waals surface area (Å²) in [6, 6.07) is 13.6. The van der Waals surface area contributed by atoms with Gasteiger partial charge in [-0.3, -0.25) is 19.3 Å². The van der Waals surface area contributed by atoms with Crippen LogP contribution in [0.5, 0.6) is 5.75 Å². The molecule has 3 amide bonds. The van der Waals surface area contributed by atoms with E-state index in [-0.39, 0.29) is 41.4 Å². The molecule has 4 unspecified atom stereocenters. The zero-order chi connectivity index (χ0) is 20.1. The van der Waals surface area contributed by atoms with E-state index in [1.807, 2.05) is 0 Å². The molecule has 1 saturated carbocycles. The second-order valence-corrected chi connectivity index (χ2v) is 7.74. The van der Waals surface area contributed by atoms with E-state index in [1.165, 1.54) is 4.90 Å². The van der Waals surface area contributed by atoms with Gasteiger partial charge in [-0.15, -0.1) is 0 Å². The minimum absolute atomic E-state index is 0.118. The molecule has 3 aliphatic rings. The Morgan fingerprint density at radius 3 is 2.07 bits per heavy atom. The number of anilines is 2. The van der Waals surface area contributed by atoms with E-state index in [0.29, 0.717) is 22.7 Å². The van der Waals surface area contributed by atoms with Crippen molar-refractivity contribution in [2.75, 3.05) is 17.3 Å². The molecular weight excluding hydrogens is 368 g/mol. The van der Waals surface area contributed by atoms with Crippen LogP contribution in [0.1, 0.15) is 16.8 Å². The van der Waals surface area contributed by atoms with Crippen molar-refractivity contribution in [1.82, 2.24) is 0 Å². The summed E-state index contributed by atoms with van der Waals surface area (Å²) in [6.45, 7) is 0. The molecule has 2 bridgehead atoms. The first-order valence-corrected chi connectivity index (χ1v) is 9.68. The number of ether oxygens (including phenoxy) is 1. The van der Waals surface area contributed by atoms with Gasteiger partial charge >= 0.3 is 0 Å². The zero-order valence-corrected chi connectivity index (χ0v) is 15.9. The predicted octanol–water partition coefficient (Wildman–Crippen LogP) is 3.26. The Morgan fingerprint density at radius 2 is 1.52 bits per heavy atom. The molecule has 0 spiro atoms. The van der Waals surface area contributed by atoms with Crippen molar-refractivity contribution in [2.24, 2.45) is 23.7 Å². The van der Waals surface area contributed by atoms with Crippen LogP contribution in [0.25, 0.3) is 0 Å². The van der Waals surface area contributed by atoms with Gasteiger partial charge in [0.2, 0.25) is 11.8 Å². The van der Waals surface area contributed by atoms with Gasteiger partial charge in [0.15, 0.2) is 0 Å². The van der Waals surface area contributed by atoms with Crippen LogP contribution in [0.2, 0.25) is 0 Å². The fourth-order valence-corrected chi connectivity index (χ4v) is 4.80. The number of benzene rings is 2. The van der Waals surface area contributed by atoms with Crippen LogP contribution in [-0.2, 0) is 9.59 Å². The number of imide groups is 1. The highest BCUT2D eigenvalue weighted by atomic mass is 16.5. The number of amides is 3. The lowest BCUT2D eigenvalue weighted by molar-refractivity contribution is -0.123. The highest BCUT2D eigenvalue weighted by molar-refractivity contribution is 6.23. The molecule has 1 saturated heterocycles. The fraction of sp³-hybridized carbons (Fsp3) is 0.261. The molecule has 1 N–H and O–H groups in total. The number of rotatable bonds is 4. The van der Waals surface area contributed by atoms with Crippen molar-refractivity contribution in [1.29, 1.82) is 0 Å². The Kier molecular flexibility index (Phi) is 4.01. The molecule has 1 aliphatic heterocycles. The molecule has 2 aromatic rings. The smallest absolute Gasteiger partial charge is 0.255 e. The summed E-state index contributed by atoms with van der Waals surface area (Å²) >= 11 is 0. The van der Waals surface area contributed by atoms with Gasteiger partial charge in [0.05, 0.1) is 24.6 Å². The van der Waals surface area contributed by atoms with Crippen molar-refractivity contribution in [3.05, 3.63) is 66.2 Å². The Hall–Kier alpha value is -3.41. The van der Waals surface area contributed by atoms with E-state index in [0.717, 1.165) is 6.42 Å². The quantitative estimate of drug-likeness (QED) is 0.644. The SMILES string of the molecule is COc1ccc(NC(=O)c2ccc(N3C(=O)C4C5C=CC(C5)C4C3=O)cc2)cc1. The van der Waals surface area contributed by atoms with Gasteiger partial charge in [0.1, 0.15) is 5.75 Å². The molecule has 2 aliphatic carbocycles. The predicted molar refractivity (Wildman–Crippen MR) is 108 cm³/mol. The number of hydrogen-bond acceptors (Lipinski definition) is 4. The number of nitrogens with one attached hydrogen (secondary N) is 1. The van der Waals surface area contributed by atoms with Crippen molar-refractivity contribution < 1.29 is 19.1 Å². The second-order valence-electron chi connectivity index (χ2n) is 7.74. The number of nitrogens with zero attached hydrogens (tertiary/aromatic N) is 1. The van der Waals surface area contributed by atoms with Crippen LogP contribution in [0, 0.1) is 23.7 Å². The Balaban J connectivity index is 1.32. The minimum Gasteiger partial charge on any atom is -0.497 e. The number of allylic oxidation sites excluding steroid dienone is 2. The molecule has 6 nitrogen and oxygen atoms in total. The summed E-state index contributed by atoms with van der Waals surface area (Å²) < 4.78 is 5.11. The van der Waals surface area contributed by atoms with Crippen molar-refractivity contribution in [3.8, 4) is 5.75 Å².